The van der Waals surface area contributed by atoms with Crippen molar-refractivity contribution in [3.8, 4) is 0 Å². The fourth-order valence-corrected chi connectivity index (χ4v) is 5.22. The highest BCUT2D eigenvalue weighted by Crippen LogP contribution is 2.65. The summed E-state index contributed by atoms with van der Waals surface area (Å²) in [6.45, 7) is 0.347. The van der Waals surface area contributed by atoms with Crippen LogP contribution in [0.2, 0.25) is 0 Å². The smallest absolute Gasteiger partial charge is 0.320 e. The molecule has 3 saturated carbocycles. The molecule has 1 spiro atoms. The van der Waals surface area contributed by atoms with Crippen molar-refractivity contribution >= 4 is 23.4 Å². The van der Waals surface area contributed by atoms with Crippen LogP contribution < -0.4 is 10.0 Å². The molecule has 6 nitrogen and oxygen atoms in total. The molecule has 0 radical (unpaired) electrons. The van der Waals surface area contributed by atoms with Crippen LogP contribution in [0.4, 0.5) is 18.9 Å². The fourth-order valence-electron chi connectivity index (χ4n) is 4.73. The molecule has 1 unspecified atom stereocenters. The molecule has 166 valence electrons. The SMILES string of the molecule is CSc1cc(NC(=O)c2c(C(F)(F)F)c(C3CC3)nn2CC2CCC23CC3)cc[n+]1O. The van der Waals surface area contributed by atoms with Crippen LogP contribution in [-0.4, -0.2) is 27.2 Å². The molecule has 0 bridgehead atoms. The highest BCUT2D eigenvalue weighted by molar-refractivity contribution is 7.98. The Hall–Kier alpha value is -2.23. The molecule has 0 aliphatic heterocycles. The molecule has 1 amide bonds. The molecule has 2 aromatic rings. The standard InChI is InChI=1S/C21H23F3N4O2S/c1-31-15-10-14(5-9-28(15)30)25-19(29)18-16(21(22,23)24)17(12-2-3-12)26-27(18)11-13-4-6-20(13)7-8-20/h5,9-10,12-13,30H,2-4,6-8,11H2,1H3/p+1. The Balaban J connectivity index is 1.52. The summed E-state index contributed by atoms with van der Waals surface area (Å²) < 4.78 is 44.5. The number of halogens is 3. The third-order valence-corrected chi connectivity index (χ3v) is 7.67. The van der Waals surface area contributed by atoms with Gasteiger partial charge >= 0.3 is 6.18 Å². The zero-order chi connectivity index (χ0) is 22.0. The number of carbonyl (C=O) groups is 1. The quantitative estimate of drug-likeness (QED) is 0.385. The first-order valence-electron chi connectivity index (χ1n) is 10.5. The number of amides is 1. The average Bonchev–Trinajstić information content (AvgIpc) is 3.62. The minimum Gasteiger partial charge on any atom is -0.320 e. The topological polar surface area (TPSA) is 71.0 Å². The molecule has 2 aromatic heterocycles. The lowest BCUT2D eigenvalue weighted by atomic mass is 9.70. The van der Waals surface area contributed by atoms with Crippen molar-refractivity contribution in [1.29, 1.82) is 0 Å². The normalized spacial score (nSPS) is 21.7. The van der Waals surface area contributed by atoms with Gasteiger partial charge in [0.25, 0.3) is 10.9 Å². The minimum atomic E-state index is -4.66. The molecule has 3 aliphatic carbocycles. The lowest BCUT2D eigenvalue weighted by molar-refractivity contribution is -0.932. The highest BCUT2D eigenvalue weighted by atomic mass is 32.2. The van der Waals surface area contributed by atoms with E-state index >= 15 is 0 Å². The Morgan fingerprint density at radius 3 is 2.65 bits per heavy atom. The second-order valence-electron chi connectivity index (χ2n) is 8.92. The summed E-state index contributed by atoms with van der Waals surface area (Å²) in [6, 6.07) is 2.96. The molecular formula is C21H24F3N4O2S+. The van der Waals surface area contributed by atoms with Gasteiger partial charge in [0.15, 0.2) is 0 Å². The number of aromatic nitrogens is 3. The maximum atomic E-state index is 14.1. The van der Waals surface area contributed by atoms with E-state index in [1.807, 2.05) is 0 Å². The lowest BCUT2D eigenvalue weighted by Gasteiger charge is -2.37. The van der Waals surface area contributed by atoms with Crippen molar-refractivity contribution in [3.05, 3.63) is 35.3 Å². The Morgan fingerprint density at radius 1 is 1.35 bits per heavy atom. The van der Waals surface area contributed by atoms with E-state index in [0.717, 1.165) is 30.4 Å². The molecule has 3 aliphatic rings. The van der Waals surface area contributed by atoms with E-state index in [-0.39, 0.29) is 22.9 Å². The number of thioether (sulfide) groups is 1. The zero-order valence-corrected chi connectivity index (χ0v) is 17.9. The average molecular weight is 454 g/mol. The maximum Gasteiger partial charge on any atom is 0.420 e. The van der Waals surface area contributed by atoms with Crippen LogP contribution in [0.1, 0.15) is 66.2 Å². The van der Waals surface area contributed by atoms with Crippen LogP contribution in [0.15, 0.2) is 23.4 Å². The van der Waals surface area contributed by atoms with Gasteiger partial charge in [0.05, 0.1) is 11.4 Å². The van der Waals surface area contributed by atoms with Crippen LogP contribution in [0.25, 0.3) is 0 Å². The van der Waals surface area contributed by atoms with Gasteiger partial charge in [-0.15, -0.1) is 0 Å². The molecule has 1 atom stereocenters. The van der Waals surface area contributed by atoms with Crippen LogP contribution >= 0.6 is 11.8 Å². The summed E-state index contributed by atoms with van der Waals surface area (Å²) in [5.41, 5.74) is -0.707. The van der Waals surface area contributed by atoms with Crippen LogP contribution in [0, 0.1) is 11.3 Å². The number of hydrogen-bond acceptors (Lipinski definition) is 4. The van der Waals surface area contributed by atoms with Gasteiger partial charge in [0, 0.05) is 29.3 Å². The first-order chi connectivity index (χ1) is 14.7. The Labute approximate surface area is 181 Å². The number of anilines is 1. The van der Waals surface area contributed by atoms with Crippen LogP contribution in [0.5, 0.6) is 0 Å². The number of rotatable bonds is 6. The van der Waals surface area contributed by atoms with Gasteiger partial charge in [-0.25, -0.2) is 0 Å². The summed E-state index contributed by atoms with van der Waals surface area (Å²) >= 11 is 1.25. The van der Waals surface area contributed by atoms with Crippen molar-refractivity contribution in [3.63, 3.8) is 0 Å². The number of nitrogens with one attached hydrogen (secondary N) is 1. The van der Waals surface area contributed by atoms with E-state index in [1.165, 1.54) is 34.8 Å². The molecule has 2 heterocycles. The molecule has 31 heavy (non-hydrogen) atoms. The van der Waals surface area contributed by atoms with Gasteiger partial charge in [-0.05, 0) is 56.1 Å². The highest BCUT2D eigenvalue weighted by Gasteiger charge is 2.56. The van der Waals surface area contributed by atoms with Gasteiger partial charge in [0.2, 0.25) is 6.20 Å². The van der Waals surface area contributed by atoms with Crippen LogP contribution in [0.3, 0.4) is 0 Å². The zero-order valence-electron chi connectivity index (χ0n) is 17.1. The van der Waals surface area contributed by atoms with Crippen molar-refractivity contribution in [2.45, 2.75) is 62.2 Å². The molecule has 0 aromatic carbocycles. The van der Waals surface area contributed by atoms with Crippen LogP contribution in [-0.2, 0) is 12.7 Å². The third kappa shape index (κ3) is 3.68. The first-order valence-corrected chi connectivity index (χ1v) is 11.7. The molecule has 2 N–H and O–H groups in total. The van der Waals surface area contributed by atoms with E-state index in [1.54, 1.807) is 6.26 Å². The molecule has 10 heteroatoms. The van der Waals surface area contributed by atoms with Crippen molar-refractivity contribution < 1.29 is 27.9 Å². The monoisotopic (exact) mass is 453 g/mol. The maximum absolute atomic E-state index is 14.1. The molecule has 3 fully saturated rings. The number of carbonyl (C=O) groups excluding carboxylic acids is 1. The van der Waals surface area contributed by atoms with E-state index in [2.05, 4.69) is 10.4 Å². The Kier molecular flexibility index (Phi) is 4.76. The number of hydrogen-bond donors (Lipinski definition) is 2. The number of alkyl halides is 3. The second-order valence-corrected chi connectivity index (χ2v) is 9.74. The van der Waals surface area contributed by atoms with Gasteiger partial charge in [-0.2, -0.15) is 18.3 Å². The van der Waals surface area contributed by atoms with Crippen molar-refractivity contribution in [2.24, 2.45) is 11.3 Å². The molecular weight excluding hydrogens is 429 g/mol. The molecule has 5 rings (SSSR count). The van der Waals surface area contributed by atoms with Gasteiger partial charge in [-0.3, -0.25) is 14.7 Å². The van der Waals surface area contributed by atoms with Gasteiger partial charge in [0.1, 0.15) is 11.3 Å². The van der Waals surface area contributed by atoms with E-state index < -0.39 is 23.3 Å². The third-order valence-electron chi connectivity index (χ3n) is 6.95. The number of nitrogens with zero attached hydrogens (tertiary/aromatic N) is 3. The predicted molar refractivity (Wildman–Crippen MR) is 107 cm³/mol. The first kappa shape index (κ1) is 20.7. The Morgan fingerprint density at radius 2 is 2.10 bits per heavy atom. The second kappa shape index (κ2) is 7.15. The molecule has 0 saturated heterocycles. The van der Waals surface area contributed by atoms with E-state index in [4.69, 9.17) is 0 Å². The predicted octanol–water partition coefficient (Wildman–Crippen LogP) is 4.47. The fraction of sp³-hybridized carbons (Fsp3) is 0.571. The van der Waals surface area contributed by atoms with Crippen molar-refractivity contribution in [2.75, 3.05) is 11.6 Å². The van der Waals surface area contributed by atoms with Crippen molar-refractivity contribution in [1.82, 2.24) is 9.78 Å². The summed E-state index contributed by atoms with van der Waals surface area (Å²) in [4.78, 5) is 13.2. The largest absolute Gasteiger partial charge is 0.420 e. The van der Waals surface area contributed by atoms with E-state index in [9.17, 15) is 23.2 Å². The summed E-state index contributed by atoms with van der Waals surface area (Å²) in [5.74, 6) is -0.771. The summed E-state index contributed by atoms with van der Waals surface area (Å²) in [5, 5.41) is 17.2. The minimum absolute atomic E-state index is 0.00730. The lowest BCUT2D eigenvalue weighted by Crippen LogP contribution is -2.34. The van der Waals surface area contributed by atoms with Gasteiger partial charge < -0.3 is 5.32 Å². The number of pyridine rings is 1. The summed E-state index contributed by atoms with van der Waals surface area (Å²) in [7, 11) is 0. The Bertz CT molecular complexity index is 1040. The van der Waals surface area contributed by atoms with E-state index in [0.29, 0.717) is 30.1 Å². The summed E-state index contributed by atoms with van der Waals surface area (Å²) in [6.07, 6.45) is 4.08. The van der Waals surface area contributed by atoms with Gasteiger partial charge in [-0.1, -0.05) is 11.8 Å².